The first kappa shape index (κ1) is 9.87. The van der Waals surface area contributed by atoms with Crippen molar-refractivity contribution in [3.8, 4) is 17.9 Å². The van der Waals surface area contributed by atoms with E-state index in [0.717, 1.165) is 19.3 Å². The molecule has 1 rings (SSSR count). The van der Waals surface area contributed by atoms with E-state index in [-0.39, 0.29) is 0 Å². The molecule has 0 unspecified atom stereocenters. The molecule has 0 heterocycles. The second-order valence-corrected chi connectivity index (χ2v) is 3.29. The van der Waals surface area contributed by atoms with E-state index in [1.54, 1.807) is 0 Å². The minimum Gasteiger partial charge on any atom is -0.198 e. The molecule has 0 saturated heterocycles. The molecule has 0 aromatic heterocycles. The normalized spacial score (nSPS) is 15.2. The van der Waals surface area contributed by atoms with Crippen LogP contribution in [0.3, 0.4) is 0 Å². The lowest BCUT2D eigenvalue weighted by Crippen LogP contribution is -1.88. The number of rotatable bonds is 2. The Balaban J connectivity index is 2.22. The molecule has 0 aromatic rings. The van der Waals surface area contributed by atoms with Crippen molar-refractivity contribution in [2.24, 2.45) is 0 Å². The van der Waals surface area contributed by atoms with Crippen molar-refractivity contribution < 1.29 is 0 Å². The first-order valence-corrected chi connectivity index (χ1v) is 4.98. The molecule has 0 atom stereocenters. The minimum absolute atomic E-state index is 0.633. The van der Waals surface area contributed by atoms with E-state index >= 15 is 0 Å². The average Bonchev–Trinajstić information content (AvgIpc) is 2.19. The summed E-state index contributed by atoms with van der Waals surface area (Å²) in [6, 6.07) is 2.12. The van der Waals surface area contributed by atoms with E-state index in [2.05, 4.69) is 24.0 Å². The second-order valence-electron chi connectivity index (χ2n) is 3.29. The van der Waals surface area contributed by atoms with Crippen LogP contribution in [0.5, 0.6) is 0 Å². The van der Waals surface area contributed by atoms with Crippen molar-refractivity contribution in [1.82, 2.24) is 0 Å². The van der Waals surface area contributed by atoms with Gasteiger partial charge in [0.05, 0.1) is 6.07 Å². The lowest BCUT2D eigenvalue weighted by atomic mass is 10.00. The number of unbranched alkanes of at least 4 members (excludes halogenated alkanes) is 2. The second kappa shape index (κ2) is 6.32. The Morgan fingerprint density at radius 1 is 1.31 bits per heavy atom. The Labute approximate surface area is 80.4 Å². The van der Waals surface area contributed by atoms with Gasteiger partial charge in [-0.15, -0.1) is 0 Å². The molecule has 0 bridgehead atoms. The molecule has 68 valence electrons. The summed E-state index contributed by atoms with van der Waals surface area (Å²) in [5, 5.41) is 8.30. The summed E-state index contributed by atoms with van der Waals surface area (Å²) in [4.78, 5) is 0. The van der Waals surface area contributed by atoms with Gasteiger partial charge in [-0.25, -0.2) is 0 Å². The molecule has 0 aromatic carbocycles. The number of hydrogen-bond donors (Lipinski definition) is 0. The van der Waals surface area contributed by atoms with Gasteiger partial charge in [0.1, 0.15) is 0 Å². The topological polar surface area (TPSA) is 23.8 Å². The maximum Gasteiger partial charge on any atom is 0.0622 e. The van der Waals surface area contributed by atoms with Gasteiger partial charge in [-0.05, 0) is 37.7 Å². The predicted molar refractivity (Wildman–Crippen MR) is 53.8 cm³/mol. The molecule has 0 spiro atoms. The summed E-state index contributed by atoms with van der Waals surface area (Å²) in [5.74, 6) is 6.30. The maximum atomic E-state index is 8.30. The van der Waals surface area contributed by atoms with Crippen LogP contribution in [0.1, 0.15) is 44.9 Å². The standard InChI is InChI=1S/C12H15N/c13-11-7-2-1-4-8-12-9-5-3-6-10-12/h9H,1-3,5-7,10H2. The van der Waals surface area contributed by atoms with Crippen LogP contribution in [0.4, 0.5) is 0 Å². The van der Waals surface area contributed by atoms with Gasteiger partial charge in [-0.1, -0.05) is 17.9 Å². The first-order chi connectivity index (χ1) is 6.43. The van der Waals surface area contributed by atoms with Gasteiger partial charge < -0.3 is 0 Å². The highest BCUT2D eigenvalue weighted by Crippen LogP contribution is 2.16. The Kier molecular flexibility index (Phi) is 4.80. The highest BCUT2D eigenvalue weighted by Gasteiger charge is 1.98. The van der Waals surface area contributed by atoms with Gasteiger partial charge in [0.25, 0.3) is 0 Å². The molecule has 1 nitrogen and oxygen atoms in total. The average molecular weight is 173 g/mol. The van der Waals surface area contributed by atoms with Gasteiger partial charge in [-0.3, -0.25) is 0 Å². The monoisotopic (exact) mass is 173 g/mol. The van der Waals surface area contributed by atoms with E-state index in [4.69, 9.17) is 5.26 Å². The predicted octanol–water partition coefficient (Wildman–Crippen LogP) is 3.18. The van der Waals surface area contributed by atoms with Gasteiger partial charge in [0.15, 0.2) is 0 Å². The zero-order chi connectivity index (χ0) is 9.36. The molecule has 1 heteroatoms. The largest absolute Gasteiger partial charge is 0.198 e. The summed E-state index contributed by atoms with van der Waals surface area (Å²) in [7, 11) is 0. The first-order valence-electron chi connectivity index (χ1n) is 4.98. The molecule has 13 heavy (non-hydrogen) atoms. The Morgan fingerprint density at radius 2 is 2.23 bits per heavy atom. The van der Waals surface area contributed by atoms with Gasteiger partial charge in [-0.2, -0.15) is 5.26 Å². The molecule has 0 saturated carbocycles. The van der Waals surface area contributed by atoms with Gasteiger partial charge in [0.2, 0.25) is 0 Å². The third-order valence-electron chi connectivity index (χ3n) is 2.13. The summed E-state index contributed by atoms with van der Waals surface area (Å²) in [6.07, 6.45) is 9.63. The van der Waals surface area contributed by atoms with Crippen LogP contribution >= 0.6 is 0 Å². The van der Waals surface area contributed by atoms with E-state index in [1.165, 1.54) is 24.8 Å². The molecular weight excluding hydrogens is 158 g/mol. The molecule has 0 aliphatic heterocycles. The highest BCUT2D eigenvalue weighted by atomic mass is 14.2. The SMILES string of the molecule is N#CCCCC#CC1=CCCCC1. The third-order valence-corrected chi connectivity index (χ3v) is 2.13. The van der Waals surface area contributed by atoms with E-state index in [9.17, 15) is 0 Å². The molecule has 1 aliphatic carbocycles. The van der Waals surface area contributed by atoms with E-state index < -0.39 is 0 Å². The molecule has 1 aliphatic rings. The highest BCUT2D eigenvalue weighted by molar-refractivity contribution is 5.29. The smallest absolute Gasteiger partial charge is 0.0622 e. The van der Waals surface area contributed by atoms with Crippen molar-refractivity contribution in [2.45, 2.75) is 44.9 Å². The van der Waals surface area contributed by atoms with Crippen LogP contribution in [0.15, 0.2) is 11.6 Å². The zero-order valence-electron chi connectivity index (χ0n) is 7.97. The minimum atomic E-state index is 0.633. The van der Waals surface area contributed by atoms with Crippen molar-refractivity contribution >= 4 is 0 Å². The molecule has 0 radical (unpaired) electrons. The Morgan fingerprint density at radius 3 is 2.92 bits per heavy atom. The number of allylic oxidation sites excluding steroid dienone is 2. The summed E-state index contributed by atoms with van der Waals surface area (Å²) in [5.41, 5.74) is 1.31. The third kappa shape index (κ3) is 4.38. The van der Waals surface area contributed by atoms with Crippen molar-refractivity contribution in [2.75, 3.05) is 0 Å². The van der Waals surface area contributed by atoms with Crippen LogP contribution in [-0.2, 0) is 0 Å². The number of nitrogens with zero attached hydrogens (tertiary/aromatic N) is 1. The summed E-state index contributed by atoms with van der Waals surface area (Å²) < 4.78 is 0. The van der Waals surface area contributed by atoms with E-state index in [1.807, 2.05) is 0 Å². The lowest BCUT2D eigenvalue weighted by Gasteiger charge is -2.05. The van der Waals surface area contributed by atoms with Crippen LogP contribution < -0.4 is 0 Å². The molecule has 0 amide bonds. The number of hydrogen-bond acceptors (Lipinski definition) is 1. The van der Waals surface area contributed by atoms with Crippen molar-refractivity contribution in [1.29, 1.82) is 5.26 Å². The molecular formula is C12H15N. The summed E-state index contributed by atoms with van der Waals surface area (Å²) >= 11 is 0. The van der Waals surface area contributed by atoms with Crippen LogP contribution in [0.25, 0.3) is 0 Å². The fourth-order valence-electron chi connectivity index (χ4n) is 1.38. The van der Waals surface area contributed by atoms with Crippen molar-refractivity contribution in [3.63, 3.8) is 0 Å². The Bertz CT molecular complexity index is 270. The lowest BCUT2D eigenvalue weighted by molar-refractivity contribution is 0.715. The zero-order valence-corrected chi connectivity index (χ0v) is 7.97. The van der Waals surface area contributed by atoms with Crippen LogP contribution in [0, 0.1) is 23.2 Å². The maximum absolute atomic E-state index is 8.30. The fraction of sp³-hybridized carbons (Fsp3) is 0.583. The number of nitriles is 1. The van der Waals surface area contributed by atoms with E-state index in [0.29, 0.717) is 6.42 Å². The van der Waals surface area contributed by atoms with Crippen LogP contribution in [0.2, 0.25) is 0 Å². The summed E-state index contributed by atoms with van der Waals surface area (Å²) in [6.45, 7) is 0. The van der Waals surface area contributed by atoms with Gasteiger partial charge >= 0.3 is 0 Å². The van der Waals surface area contributed by atoms with Crippen LogP contribution in [-0.4, -0.2) is 0 Å². The quantitative estimate of drug-likeness (QED) is 0.464. The van der Waals surface area contributed by atoms with Gasteiger partial charge in [0, 0.05) is 12.8 Å². The fourth-order valence-corrected chi connectivity index (χ4v) is 1.38. The molecule has 0 fully saturated rings. The van der Waals surface area contributed by atoms with Crippen molar-refractivity contribution in [3.05, 3.63) is 11.6 Å². The Hall–Kier alpha value is -1.21. The molecule has 0 N–H and O–H groups in total.